The number of benzene rings is 1. The molecule has 3 aromatic rings. The van der Waals surface area contributed by atoms with Crippen LogP contribution in [0.15, 0.2) is 48.4 Å². The lowest BCUT2D eigenvalue weighted by Crippen LogP contribution is -2.11. The summed E-state index contributed by atoms with van der Waals surface area (Å²) in [7, 11) is 0. The van der Waals surface area contributed by atoms with Crippen molar-refractivity contribution in [1.29, 1.82) is 0 Å². The van der Waals surface area contributed by atoms with E-state index in [9.17, 15) is 4.79 Å². The second-order valence-electron chi connectivity index (χ2n) is 4.39. The molecule has 1 N–H and O–H groups in total. The summed E-state index contributed by atoms with van der Waals surface area (Å²) in [5.74, 6) is -0.0907. The van der Waals surface area contributed by atoms with Crippen molar-refractivity contribution in [3.05, 3.63) is 62.4 Å². The minimum Gasteiger partial charge on any atom is -0.322 e. The molecule has 106 valence electrons. The van der Waals surface area contributed by atoms with Gasteiger partial charge in [-0.2, -0.15) is 5.10 Å². The maximum absolute atomic E-state index is 12.1. The Kier molecular flexibility index (Phi) is 4.30. The zero-order valence-corrected chi connectivity index (χ0v) is 13.8. The Hall–Kier alpha value is -1.74. The highest BCUT2D eigenvalue weighted by Crippen LogP contribution is 2.18. The summed E-state index contributed by atoms with van der Waals surface area (Å²) in [6.07, 6.45) is 3.17. The number of nitrogens with zero attached hydrogens (tertiary/aromatic N) is 3. The van der Waals surface area contributed by atoms with E-state index in [-0.39, 0.29) is 5.91 Å². The van der Waals surface area contributed by atoms with Crippen molar-refractivity contribution < 1.29 is 4.79 Å². The quantitative estimate of drug-likeness (QED) is 0.672. The second-order valence-corrected chi connectivity index (χ2v) is 7.19. The highest BCUT2D eigenvalue weighted by atomic mass is 127. The average Bonchev–Trinajstić information content (AvgIpc) is 3.11. The Morgan fingerprint density at radius 1 is 1.38 bits per heavy atom. The van der Waals surface area contributed by atoms with Crippen molar-refractivity contribution >= 4 is 45.5 Å². The number of nitrogens with one attached hydrogen (secondary N) is 1. The summed E-state index contributed by atoms with van der Waals surface area (Å²) in [6.45, 7) is 0.625. The molecule has 1 aromatic carbocycles. The molecule has 0 fully saturated rings. The first kappa shape index (κ1) is 14.2. The number of aromatic nitrogens is 3. The van der Waals surface area contributed by atoms with Gasteiger partial charge >= 0.3 is 0 Å². The lowest BCUT2D eigenvalue weighted by molar-refractivity contribution is 0.102. The predicted octanol–water partition coefficient (Wildman–Crippen LogP) is 3.24. The summed E-state index contributed by atoms with van der Waals surface area (Å²) < 4.78 is 2.83. The minimum atomic E-state index is -0.0907. The predicted molar refractivity (Wildman–Crippen MR) is 90.6 cm³/mol. The standard InChI is InChI=1S/C14H11IN4OS/c15-13-5-11(7-21-13)14(20)18-12-3-1-2-10(4-12)6-19-9-16-8-17-19/h1-5,7-9H,6H2,(H,18,20). The number of halogens is 1. The van der Waals surface area contributed by atoms with Crippen LogP contribution in [0.25, 0.3) is 0 Å². The van der Waals surface area contributed by atoms with Gasteiger partial charge in [-0.1, -0.05) is 12.1 Å². The molecular formula is C14H11IN4OS. The number of anilines is 1. The van der Waals surface area contributed by atoms with Gasteiger partial charge in [0.1, 0.15) is 12.7 Å². The molecule has 0 bridgehead atoms. The van der Waals surface area contributed by atoms with E-state index in [0.717, 1.165) is 14.1 Å². The molecule has 21 heavy (non-hydrogen) atoms. The normalized spacial score (nSPS) is 10.5. The van der Waals surface area contributed by atoms with Crippen LogP contribution < -0.4 is 5.32 Å². The maximum atomic E-state index is 12.1. The molecule has 0 unspecified atom stereocenters. The van der Waals surface area contributed by atoms with Crippen LogP contribution in [0.1, 0.15) is 15.9 Å². The summed E-state index contributed by atoms with van der Waals surface area (Å²) in [4.78, 5) is 16.0. The van der Waals surface area contributed by atoms with Gasteiger partial charge in [-0.25, -0.2) is 9.67 Å². The third-order valence-electron chi connectivity index (χ3n) is 2.83. The Balaban J connectivity index is 1.72. The van der Waals surface area contributed by atoms with Gasteiger partial charge in [-0.05, 0) is 46.4 Å². The number of hydrogen-bond donors (Lipinski definition) is 1. The molecule has 7 heteroatoms. The van der Waals surface area contributed by atoms with E-state index in [1.54, 1.807) is 22.3 Å². The molecule has 0 spiro atoms. The van der Waals surface area contributed by atoms with Gasteiger partial charge in [0.05, 0.1) is 15.0 Å². The van der Waals surface area contributed by atoms with Crippen LogP contribution in [0.3, 0.4) is 0 Å². The molecule has 5 nitrogen and oxygen atoms in total. The highest BCUT2D eigenvalue weighted by molar-refractivity contribution is 14.1. The molecule has 0 saturated carbocycles. The van der Waals surface area contributed by atoms with Crippen molar-refractivity contribution in [3.8, 4) is 0 Å². The Labute approximate surface area is 139 Å². The van der Waals surface area contributed by atoms with E-state index in [1.165, 1.54) is 6.33 Å². The van der Waals surface area contributed by atoms with E-state index in [4.69, 9.17) is 0 Å². The fourth-order valence-electron chi connectivity index (χ4n) is 1.88. The molecule has 3 rings (SSSR count). The van der Waals surface area contributed by atoms with Crippen molar-refractivity contribution in [2.75, 3.05) is 5.32 Å². The van der Waals surface area contributed by atoms with Crippen LogP contribution in [-0.2, 0) is 6.54 Å². The van der Waals surface area contributed by atoms with Gasteiger partial charge in [0.2, 0.25) is 0 Å². The molecular weight excluding hydrogens is 399 g/mol. The molecule has 0 aliphatic carbocycles. The molecule has 0 aliphatic rings. The Bertz CT molecular complexity index is 754. The van der Waals surface area contributed by atoms with Crippen LogP contribution >= 0.6 is 33.9 Å². The van der Waals surface area contributed by atoms with E-state index in [1.807, 2.05) is 35.7 Å². The smallest absolute Gasteiger partial charge is 0.256 e. The Morgan fingerprint density at radius 3 is 3.00 bits per heavy atom. The zero-order chi connectivity index (χ0) is 14.7. The van der Waals surface area contributed by atoms with Crippen LogP contribution in [0, 0.1) is 2.88 Å². The molecule has 2 heterocycles. The first-order valence-corrected chi connectivity index (χ1v) is 8.13. The van der Waals surface area contributed by atoms with Crippen molar-refractivity contribution in [1.82, 2.24) is 14.8 Å². The zero-order valence-electron chi connectivity index (χ0n) is 10.9. The number of thiophene rings is 1. The molecule has 0 aliphatic heterocycles. The lowest BCUT2D eigenvalue weighted by Gasteiger charge is -2.06. The van der Waals surface area contributed by atoms with E-state index in [2.05, 4.69) is 38.0 Å². The molecule has 2 aromatic heterocycles. The fraction of sp³-hybridized carbons (Fsp3) is 0.0714. The van der Waals surface area contributed by atoms with Gasteiger partial charge in [0.25, 0.3) is 5.91 Å². The van der Waals surface area contributed by atoms with Crippen molar-refractivity contribution in [2.45, 2.75) is 6.54 Å². The second kappa shape index (κ2) is 6.35. The SMILES string of the molecule is O=C(Nc1cccc(Cn2cncn2)c1)c1csc(I)c1. The van der Waals surface area contributed by atoms with Crippen LogP contribution in [0.5, 0.6) is 0 Å². The third kappa shape index (κ3) is 3.67. The van der Waals surface area contributed by atoms with Crippen LogP contribution in [0.4, 0.5) is 5.69 Å². The van der Waals surface area contributed by atoms with E-state index in [0.29, 0.717) is 12.1 Å². The van der Waals surface area contributed by atoms with E-state index >= 15 is 0 Å². The monoisotopic (exact) mass is 410 g/mol. The van der Waals surface area contributed by atoms with Crippen LogP contribution in [0.2, 0.25) is 0 Å². The number of carbonyl (C=O) groups is 1. The van der Waals surface area contributed by atoms with Gasteiger partial charge in [-0.15, -0.1) is 11.3 Å². The molecule has 0 saturated heterocycles. The van der Waals surface area contributed by atoms with Crippen molar-refractivity contribution in [2.24, 2.45) is 0 Å². The summed E-state index contributed by atoms with van der Waals surface area (Å²) >= 11 is 3.76. The lowest BCUT2D eigenvalue weighted by atomic mass is 10.2. The first-order chi connectivity index (χ1) is 10.2. The van der Waals surface area contributed by atoms with Gasteiger partial charge in [-0.3, -0.25) is 4.79 Å². The van der Waals surface area contributed by atoms with Crippen LogP contribution in [-0.4, -0.2) is 20.7 Å². The minimum absolute atomic E-state index is 0.0907. The largest absolute Gasteiger partial charge is 0.322 e. The number of hydrogen-bond acceptors (Lipinski definition) is 4. The first-order valence-electron chi connectivity index (χ1n) is 6.17. The highest BCUT2D eigenvalue weighted by Gasteiger charge is 2.08. The topological polar surface area (TPSA) is 59.8 Å². The van der Waals surface area contributed by atoms with Gasteiger partial charge < -0.3 is 5.32 Å². The third-order valence-corrected chi connectivity index (χ3v) is 4.61. The number of rotatable bonds is 4. The van der Waals surface area contributed by atoms with Gasteiger partial charge in [0.15, 0.2) is 0 Å². The van der Waals surface area contributed by atoms with Gasteiger partial charge in [0, 0.05) is 11.1 Å². The fourth-order valence-corrected chi connectivity index (χ4v) is 3.21. The summed E-state index contributed by atoms with van der Waals surface area (Å²) in [6, 6.07) is 9.60. The molecule has 1 amide bonds. The molecule has 0 radical (unpaired) electrons. The van der Waals surface area contributed by atoms with Crippen molar-refractivity contribution in [3.63, 3.8) is 0 Å². The Morgan fingerprint density at radius 2 is 2.29 bits per heavy atom. The average molecular weight is 410 g/mol. The number of carbonyl (C=O) groups excluding carboxylic acids is 1. The summed E-state index contributed by atoms with van der Waals surface area (Å²) in [5, 5.41) is 8.84. The van der Waals surface area contributed by atoms with E-state index < -0.39 is 0 Å². The summed E-state index contributed by atoms with van der Waals surface area (Å²) in [5.41, 5.74) is 2.52. The number of amides is 1. The maximum Gasteiger partial charge on any atom is 0.256 e. The molecule has 0 atom stereocenters.